The lowest BCUT2D eigenvalue weighted by Gasteiger charge is -2.19. The van der Waals surface area contributed by atoms with Gasteiger partial charge >= 0.3 is 0 Å². The van der Waals surface area contributed by atoms with Gasteiger partial charge in [0.05, 0.1) is 19.2 Å². The van der Waals surface area contributed by atoms with Crippen molar-refractivity contribution < 1.29 is 4.74 Å². The largest absolute Gasteiger partial charge is 0.480 e. The zero-order valence-electron chi connectivity index (χ0n) is 11.6. The first-order chi connectivity index (χ1) is 8.99. The van der Waals surface area contributed by atoms with Crippen LogP contribution < -0.4 is 10.1 Å². The Hall–Kier alpha value is -1.53. The topological polar surface area (TPSA) is 59.9 Å². The standard InChI is InChI=1S/C13H18N4OS/c1-13(2,3)15-8-10-16-17-12(19-10)9-6-5-7-14-11(9)18-4/h5-7,15H,8H2,1-4H3. The Labute approximate surface area is 117 Å². The maximum atomic E-state index is 5.24. The Bertz CT molecular complexity index is 548. The Balaban J connectivity index is 2.17. The van der Waals surface area contributed by atoms with Gasteiger partial charge in [0, 0.05) is 11.7 Å². The van der Waals surface area contributed by atoms with Gasteiger partial charge in [0.2, 0.25) is 5.88 Å². The van der Waals surface area contributed by atoms with Crippen molar-refractivity contribution in [1.29, 1.82) is 0 Å². The van der Waals surface area contributed by atoms with Crippen LogP contribution >= 0.6 is 11.3 Å². The van der Waals surface area contributed by atoms with E-state index in [0.717, 1.165) is 15.6 Å². The summed E-state index contributed by atoms with van der Waals surface area (Å²) in [6.45, 7) is 7.08. The third kappa shape index (κ3) is 3.71. The minimum absolute atomic E-state index is 0.0673. The molecule has 0 aliphatic rings. The van der Waals surface area contributed by atoms with Gasteiger partial charge < -0.3 is 10.1 Å². The third-order valence-corrected chi connectivity index (χ3v) is 3.39. The molecule has 0 radical (unpaired) electrons. The molecule has 0 aliphatic heterocycles. The second kappa shape index (κ2) is 5.63. The van der Waals surface area contributed by atoms with Crippen molar-refractivity contribution in [3.05, 3.63) is 23.3 Å². The fraction of sp³-hybridized carbons (Fsp3) is 0.462. The molecule has 6 heteroatoms. The Morgan fingerprint density at radius 1 is 1.32 bits per heavy atom. The van der Waals surface area contributed by atoms with Gasteiger partial charge in [-0.2, -0.15) is 0 Å². The van der Waals surface area contributed by atoms with Gasteiger partial charge in [-0.25, -0.2) is 4.98 Å². The van der Waals surface area contributed by atoms with Gasteiger partial charge in [0.25, 0.3) is 0 Å². The second-order valence-electron chi connectivity index (χ2n) is 5.16. The highest BCUT2D eigenvalue weighted by Gasteiger charge is 2.14. The summed E-state index contributed by atoms with van der Waals surface area (Å²) in [7, 11) is 1.61. The molecule has 2 rings (SSSR count). The molecule has 0 unspecified atom stereocenters. The molecule has 19 heavy (non-hydrogen) atoms. The van der Waals surface area contributed by atoms with Crippen molar-refractivity contribution >= 4 is 11.3 Å². The molecule has 5 nitrogen and oxygen atoms in total. The normalized spacial score (nSPS) is 11.6. The van der Waals surface area contributed by atoms with Crippen LogP contribution in [-0.4, -0.2) is 27.8 Å². The average Bonchev–Trinajstić information content (AvgIpc) is 2.84. The molecule has 2 aromatic heterocycles. The Morgan fingerprint density at radius 3 is 2.79 bits per heavy atom. The van der Waals surface area contributed by atoms with Crippen LogP contribution in [0.15, 0.2) is 18.3 Å². The van der Waals surface area contributed by atoms with Gasteiger partial charge in [-0.15, -0.1) is 10.2 Å². The monoisotopic (exact) mass is 278 g/mol. The highest BCUT2D eigenvalue weighted by atomic mass is 32.1. The summed E-state index contributed by atoms with van der Waals surface area (Å²) in [5.41, 5.74) is 0.946. The first-order valence-electron chi connectivity index (χ1n) is 6.06. The van der Waals surface area contributed by atoms with Crippen LogP contribution in [0.1, 0.15) is 25.8 Å². The van der Waals surface area contributed by atoms with E-state index in [1.165, 1.54) is 0 Å². The quantitative estimate of drug-likeness (QED) is 0.931. The molecule has 0 bridgehead atoms. The molecule has 0 saturated carbocycles. The van der Waals surface area contributed by atoms with Crippen LogP contribution in [0, 0.1) is 0 Å². The molecule has 0 atom stereocenters. The summed E-state index contributed by atoms with van der Waals surface area (Å²) in [5.74, 6) is 0.578. The van der Waals surface area contributed by atoms with E-state index in [-0.39, 0.29) is 5.54 Å². The first-order valence-corrected chi connectivity index (χ1v) is 6.88. The predicted octanol–water partition coefficient (Wildman–Crippen LogP) is 2.50. The van der Waals surface area contributed by atoms with Crippen molar-refractivity contribution in [3.8, 4) is 16.5 Å². The number of methoxy groups -OCH3 is 1. The first kappa shape index (κ1) is 13.9. The van der Waals surface area contributed by atoms with Gasteiger partial charge in [0.1, 0.15) is 5.01 Å². The molecule has 1 N–H and O–H groups in total. The van der Waals surface area contributed by atoms with Crippen LogP contribution in [-0.2, 0) is 6.54 Å². The summed E-state index contributed by atoms with van der Waals surface area (Å²) in [4.78, 5) is 4.17. The smallest absolute Gasteiger partial charge is 0.223 e. The molecule has 0 aromatic carbocycles. The van der Waals surface area contributed by atoms with Crippen LogP contribution in [0.25, 0.3) is 10.6 Å². The third-order valence-electron chi connectivity index (χ3n) is 2.43. The number of pyridine rings is 1. The van der Waals surface area contributed by atoms with Gasteiger partial charge in [-0.05, 0) is 32.9 Å². The Kier molecular flexibility index (Phi) is 4.11. The number of nitrogens with one attached hydrogen (secondary N) is 1. The maximum Gasteiger partial charge on any atom is 0.223 e. The highest BCUT2D eigenvalue weighted by molar-refractivity contribution is 7.14. The van der Waals surface area contributed by atoms with Gasteiger partial charge in [-0.1, -0.05) is 11.3 Å². The fourth-order valence-electron chi connectivity index (χ4n) is 1.49. The lowest BCUT2D eigenvalue weighted by atomic mass is 10.1. The van der Waals surface area contributed by atoms with E-state index in [0.29, 0.717) is 12.4 Å². The van der Waals surface area contributed by atoms with E-state index in [1.807, 2.05) is 12.1 Å². The van der Waals surface area contributed by atoms with E-state index < -0.39 is 0 Å². The summed E-state index contributed by atoms with van der Waals surface area (Å²) in [6, 6.07) is 3.81. The van der Waals surface area contributed by atoms with Crippen LogP contribution in [0.5, 0.6) is 5.88 Å². The number of hydrogen-bond donors (Lipinski definition) is 1. The second-order valence-corrected chi connectivity index (χ2v) is 6.23. The van der Waals surface area contributed by atoms with Gasteiger partial charge in [-0.3, -0.25) is 0 Å². The van der Waals surface area contributed by atoms with Crippen LogP contribution in [0.3, 0.4) is 0 Å². The molecular formula is C13H18N4OS. The molecule has 102 valence electrons. The zero-order chi connectivity index (χ0) is 13.9. The van der Waals surface area contributed by atoms with Crippen LogP contribution in [0.4, 0.5) is 0 Å². The zero-order valence-corrected chi connectivity index (χ0v) is 12.4. The van der Waals surface area contributed by atoms with Crippen molar-refractivity contribution in [1.82, 2.24) is 20.5 Å². The molecule has 0 aliphatic carbocycles. The van der Waals surface area contributed by atoms with Crippen molar-refractivity contribution in [2.45, 2.75) is 32.9 Å². The molecular weight excluding hydrogens is 260 g/mol. The number of rotatable bonds is 4. The summed E-state index contributed by atoms with van der Waals surface area (Å²) in [6.07, 6.45) is 1.70. The number of nitrogens with zero attached hydrogens (tertiary/aromatic N) is 3. The highest BCUT2D eigenvalue weighted by Crippen LogP contribution is 2.29. The van der Waals surface area contributed by atoms with E-state index >= 15 is 0 Å². The molecule has 0 saturated heterocycles. The number of ether oxygens (including phenoxy) is 1. The molecule has 0 amide bonds. The van der Waals surface area contributed by atoms with E-state index in [1.54, 1.807) is 24.6 Å². The Morgan fingerprint density at radius 2 is 2.11 bits per heavy atom. The summed E-state index contributed by atoms with van der Waals surface area (Å²) >= 11 is 1.55. The lowest BCUT2D eigenvalue weighted by molar-refractivity contribution is 0.399. The summed E-state index contributed by atoms with van der Waals surface area (Å²) in [5, 5.41) is 13.6. The van der Waals surface area contributed by atoms with Crippen LogP contribution in [0.2, 0.25) is 0 Å². The minimum Gasteiger partial charge on any atom is -0.480 e. The van der Waals surface area contributed by atoms with E-state index in [4.69, 9.17) is 4.74 Å². The van der Waals surface area contributed by atoms with Crippen molar-refractivity contribution in [3.63, 3.8) is 0 Å². The van der Waals surface area contributed by atoms with E-state index in [2.05, 4.69) is 41.3 Å². The van der Waals surface area contributed by atoms with Crippen molar-refractivity contribution in [2.24, 2.45) is 0 Å². The molecule has 2 aromatic rings. The van der Waals surface area contributed by atoms with Crippen molar-refractivity contribution in [2.75, 3.05) is 7.11 Å². The lowest BCUT2D eigenvalue weighted by Crippen LogP contribution is -2.35. The molecule has 0 fully saturated rings. The minimum atomic E-state index is 0.0673. The average molecular weight is 278 g/mol. The van der Waals surface area contributed by atoms with E-state index in [9.17, 15) is 0 Å². The maximum absolute atomic E-state index is 5.24. The summed E-state index contributed by atoms with van der Waals surface area (Å²) < 4.78 is 5.24. The van der Waals surface area contributed by atoms with Gasteiger partial charge in [0.15, 0.2) is 5.01 Å². The number of aromatic nitrogens is 3. The SMILES string of the molecule is COc1ncccc1-c1nnc(CNC(C)(C)C)s1. The molecule has 2 heterocycles. The predicted molar refractivity (Wildman–Crippen MR) is 76.3 cm³/mol. The molecule has 0 spiro atoms. The number of hydrogen-bond acceptors (Lipinski definition) is 6. The fourth-order valence-corrected chi connectivity index (χ4v) is 2.29.